The molecule has 0 saturated carbocycles. The van der Waals surface area contributed by atoms with Gasteiger partial charge in [0.2, 0.25) is 5.90 Å². The highest BCUT2D eigenvalue weighted by molar-refractivity contribution is 5.90. The number of carbonyl (C=O) groups is 2. The molecule has 0 unspecified atom stereocenters. The molecule has 0 aliphatic heterocycles. The van der Waals surface area contributed by atoms with Gasteiger partial charge in [0.1, 0.15) is 11.6 Å². The molecule has 1 aromatic rings. The lowest BCUT2D eigenvalue weighted by molar-refractivity contribution is -0.137. The number of methoxy groups -OCH3 is 1. The highest BCUT2D eigenvalue weighted by Crippen LogP contribution is 2.12. The highest BCUT2D eigenvalue weighted by Gasteiger charge is 2.26. The maximum absolute atomic E-state index is 11.9. The number of alkyl carbamates (subject to hydrolysis) is 1. The molecule has 8 nitrogen and oxygen atoms in total. The largest absolute Gasteiger partial charge is 0.483 e. The predicted molar refractivity (Wildman–Crippen MR) is 83.8 cm³/mol. The number of hydrogen-bond donors (Lipinski definition) is 2. The van der Waals surface area contributed by atoms with Crippen molar-refractivity contribution < 1.29 is 24.2 Å². The summed E-state index contributed by atoms with van der Waals surface area (Å²) in [6, 6.07) is 2.39. The van der Waals surface area contributed by atoms with Crippen molar-refractivity contribution in [3.8, 4) is 0 Å². The SMILES string of the molecule is COC(=Nc1cccnc1)[C@H](CC(=O)O)NC(=O)OC(C)(C)C. The van der Waals surface area contributed by atoms with E-state index in [1.54, 1.807) is 39.1 Å². The summed E-state index contributed by atoms with van der Waals surface area (Å²) >= 11 is 0. The number of aliphatic imine (C=N–C) groups is 1. The molecule has 0 saturated heterocycles. The summed E-state index contributed by atoms with van der Waals surface area (Å²) in [4.78, 5) is 31.0. The lowest BCUT2D eigenvalue weighted by Crippen LogP contribution is -2.45. The monoisotopic (exact) mass is 323 g/mol. The molecule has 1 amide bonds. The van der Waals surface area contributed by atoms with Crippen LogP contribution in [-0.4, -0.2) is 46.8 Å². The van der Waals surface area contributed by atoms with Crippen LogP contribution in [0.25, 0.3) is 0 Å². The Balaban J connectivity index is 2.96. The van der Waals surface area contributed by atoms with Crippen LogP contribution in [0.4, 0.5) is 10.5 Å². The summed E-state index contributed by atoms with van der Waals surface area (Å²) in [7, 11) is 1.35. The van der Waals surface area contributed by atoms with Crippen LogP contribution in [0.3, 0.4) is 0 Å². The second kappa shape index (κ2) is 8.11. The third-order valence-electron chi connectivity index (χ3n) is 2.46. The number of carbonyl (C=O) groups excluding carboxylic acids is 1. The Kier molecular flexibility index (Phi) is 6.49. The molecule has 0 aliphatic carbocycles. The normalized spacial score (nSPS) is 13.1. The molecule has 1 heterocycles. The Morgan fingerprint density at radius 1 is 1.43 bits per heavy atom. The Hall–Kier alpha value is -2.64. The Bertz CT molecular complexity index is 566. The van der Waals surface area contributed by atoms with E-state index in [4.69, 9.17) is 14.6 Å². The average Bonchev–Trinajstić information content (AvgIpc) is 2.42. The molecular formula is C15H21N3O5. The number of nitrogens with one attached hydrogen (secondary N) is 1. The number of pyridine rings is 1. The summed E-state index contributed by atoms with van der Waals surface area (Å²) in [6.45, 7) is 5.12. The van der Waals surface area contributed by atoms with Gasteiger partial charge in [-0.25, -0.2) is 9.79 Å². The number of carboxylic acid groups (broad SMARTS) is 1. The van der Waals surface area contributed by atoms with Gasteiger partial charge in [-0.05, 0) is 32.9 Å². The van der Waals surface area contributed by atoms with Gasteiger partial charge in [-0.1, -0.05) is 0 Å². The zero-order valence-electron chi connectivity index (χ0n) is 13.6. The van der Waals surface area contributed by atoms with Gasteiger partial charge in [-0.15, -0.1) is 0 Å². The quantitative estimate of drug-likeness (QED) is 0.634. The van der Waals surface area contributed by atoms with Crippen LogP contribution >= 0.6 is 0 Å². The van der Waals surface area contributed by atoms with Crippen LogP contribution < -0.4 is 5.32 Å². The molecule has 0 spiro atoms. The van der Waals surface area contributed by atoms with Gasteiger partial charge in [0, 0.05) is 6.20 Å². The molecule has 0 fully saturated rings. The van der Waals surface area contributed by atoms with Gasteiger partial charge < -0.3 is 19.9 Å². The zero-order valence-corrected chi connectivity index (χ0v) is 13.6. The van der Waals surface area contributed by atoms with E-state index in [2.05, 4.69) is 15.3 Å². The summed E-state index contributed by atoms with van der Waals surface area (Å²) in [5.74, 6) is -1.06. The minimum absolute atomic E-state index is 0.0475. The topological polar surface area (TPSA) is 110 Å². The van der Waals surface area contributed by atoms with Crippen molar-refractivity contribution in [3.05, 3.63) is 24.5 Å². The molecule has 0 aromatic carbocycles. The molecule has 2 N–H and O–H groups in total. The standard InChI is InChI=1S/C15H21N3O5/c1-15(2,3)23-14(21)18-11(8-12(19)20)13(22-4)17-10-6-5-7-16-9-10/h5-7,9,11H,8H2,1-4H3,(H,18,21)(H,19,20)/t11-/m0/s1. The van der Waals surface area contributed by atoms with Crippen LogP contribution in [0.5, 0.6) is 0 Å². The minimum atomic E-state index is -1.11. The molecule has 1 rings (SSSR count). The molecule has 23 heavy (non-hydrogen) atoms. The first-order valence-electron chi connectivity index (χ1n) is 6.95. The van der Waals surface area contributed by atoms with E-state index in [9.17, 15) is 9.59 Å². The molecule has 1 atom stereocenters. The summed E-state index contributed by atoms with van der Waals surface area (Å²) in [5.41, 5.74) is -0.225. The van der Waals surface area contributed by atoms with E-state index >= 15 is 0 Å². The number of aliphatic carboxylic acids is 1. The summed E-state index contributed by atoms with van der Waals surface area (Å²) in [6.07, 6.45) is 1.93. The molecule has 1 aromatic heterocycles. The zero-order chi connectivity index (χ0) is 17.5. The Morgan fingerprint density at radius 3 is 2.61 bits per heavy atom. The maximum atomic E-state index is 11.9. The van der Waals surface area contributed by atoms with Crippen molar-refractivity contribution in [2.24, 2.45) is 4.99 Å². The number of aromatic nitrogens is 1. The molecule has 0 bridgehead atoms. The first kappa shape index (κ1) is 18.4. The predicted octanol–water partition coefficient (Wildman–Crippen LogP) is 2.13. The van der Waals surface area contributed by atoms with Crippen LogP contribution in [0.2, 0.25) is 0 Å². The van der Waals surface area contributed by atoms with Gasteiger partial charge in [0.05, 0.1) is 25.4 Å². The second-order valence-corrected chi connectivity index (χ2v) is 5.66. The van der Waals surface area contributed by atoms with Crippen LogP contribution in [0.1, 0.15) is 27.2 Å². The van der Waals surface area contributed by atoms with Gasteiger partial charge in [-0.2, -0.15) is 0 Å². The highest BCUT2D eigenvalue weighted by atomic mass is 16.6. The van der Waals surface area contributed by atoms with Crippen LogP contribution in [0.15, 0.2) is 29.5 Å². The van der Waals surface area contributed by atoms with Crippen molar-refractivity contribution >= 4 is 23.6 Å². The van der Waals surface area contributed by atoms with Crippen molar-refractivity contribution in [1.29, 1.82) is 0 Å². The Labute approximate surface area is 134 Å². The smallest absolute Gasteiger partial charge is 0.408 e. The number of nitrogens with zero attached hydrogens (tertiary/aromatic N) is 2. The summed E-state index contributed by atoms with van der Waals surface area (Å²) < 4.78 is 10.3. The number of amides is 1. The lowest BCUT2D eigenvalue weighted by Gasteiger charge is -2.23. The lowest BCUT2D eigenvalue weighted by atomic mass is 10.2. The van der Waals surface area contributed by atoms with Crippen molar-refractivity contribution in [2.45, 2.75) is 38.8 Å². The van der Waals surface area contributed by atoms with E-state index in [0.29, 0.717) is 5.69 Å². The maximum Gasteiger partial charge on any atom is 0.408 e. The van der Waals surface area contributed by atoms with Crippen molar-refractivity contribution in [1.82, 2.24) is 10.3 Å². The van der Waals surface area contributed by atoms with Gasteiger partial charge >= 0.3 is 12.1 Å². The molecule has 8 heteroatoms. The number of hydrogen-bond acceptors (Lipinski definition) is 6. The number of rotatable bonds is 5. The van der Waals surface area contributed by atoms with Crippen LogP contribution in [-0.2, 0) is 14.3 Å². The van der Waals surface area contributed by atoms with E-state index in [1.165, 1.54) is 13.3 Å². The summed E-state index contributed by atoms with van der Waals surface area (Å²) in [5, 5.41) is 11.5. The third kappa shape index (κ3) is 7.25. The molecular weight excluding hydrogens is 302 g/mol. The van der Waals surface area contributed by atoms with Crippen molar-refractivity contribution in [2.75, 3.05) is 7.11 Å². The second-order valence-electron chi connectivity index (χ2n) is 5.66. The van der Waals surface area contributed by atoms with Crippen LogP contribution in [0, 0.1) is 0 Å². The van der Waals surface area contributed by atoms with Gasteiger partial charge in [-0.3, -0.25) is 9.78 Å². The Morgan fingerprint density at radius 2 is 2.13 bits per heavy atom. The van der Waals surface area contributed by atoms with Gasteiger partial charge in [0.25, 0.3) is 0 Å². The fourth-order valence-electron chi connectivity index (χ4n) is 1.64. The fraction of sp³-hybridized carbons (Fsp3) is 0.467. The average molecular weight is 323 g/mol. The first-order chi connectivity index (χ1) is 10.7. The van der Waals surface area contributed by atoms with E-state index in [0.717, 1.165) is 0 Å². The number of carboxylic acids is 1. The van der Waals surface area contributed by atoms with Gasteiger partial charge in [0.15, 0.2) is 0 Å². The molecule has 126 valence electrons. The van der Waals surface area contributed by atoms with Crippen molar-refractivity contribution in [3.63, 3.8) is 0 Å². The van der Waals surface area contributed by atoms with E-state index < -0.39 is 30.1 Å². The number of ether oxygens (including phenoxy) is 2. The van der Waals surface area contributed by atoms with E-state index in [1.807, 2.05) is 0 Å². The minimum Gasteiger partial charge on any atom is -0.483 e. The fourth-order valence-corrected chi connectivity index (χ4v) is 1.64. The van der Waals surface area contributed by atoms with E-state index in [-0.39, 0.29) is 5.90 Å². The first-order valence-corrected chi connectivity index (χ1v) is 6.95. The third-order valence-corrected chi connectivity index (χ3v) is 2.46. The molecule has 0 aliphatic rings. The molecule has 0 radical (unpaired) electrons.